The molecule has 1 aliphatic carbocycles. The monoisotopic (exact) mass is 906 g/mol. The number of para-hydroxylation sites is 5. The van der Waals surface area contributed by atoms with Crippen LogP contribution in [0, 0.1) is 0 Å². The van der Waals surface area contributed by atoms with Crippen LogP contribution in [0.3, 0.4) is 0 Å². The topological polar surface area (TPSA) is 45.5 Å². The lowest BCUT2D eigenvalue weighted by Gasteiger charge is -2.15. The Morgan fingerprint density at radius 1 is 0.324 bits per heavy atom. The second-order valence-corrected chi connectivity index (χ2v) is 18.5. The van der Waals surface area contributed by atoms with E-state index in [1.54, 1.807) is 0 Å². The highest BCUT2D eigenvalue weighted by Crippen LogP contribution is 2.43. The van der Waals surface area contributed by atoms with Crippen molar-refractivity contribution in [1.29, 1.82) is 0 Å². The van der Waals surface area contributed by atoms with Gasteiger partial charge in [0.15, 0.2) is 0 Å². The van der Waals surface area contributed by atoms with E-state index in [4.69, 9.17) is 9.97 Å². The van der Waals surface area contributed by atoms with Crippen molar-refractivity contribution >= 4 is 82.4 Å². The SMILES string of the molecule is C1=CCc2c(c3ccccc3n2-c2cccc(-c3cccc(-n4c5ccccc5c5ccc6c7ccccc7n(-c7cccc(-c8cccc(-n9c%10ccccc%10c%10ccccc%109)n8)c7)c6c54)c3)n2)C=C1. The number of hydrogen-bond acceptors (Lipinski definition) is 2. The Morgan fingerprint density at radius 3 is 1.27 bits per heavy atom. The lowest BCUT2D eigenvalue weighted by molar-refractivity contribution is 0.960. The van der Waals surface area contributed by atoms with Gasteiger partial charge >= 0.3 is 0 Å². The summed E-state index contributed by atoms with van der Waals surface area (Å²) in [6.07, 6.45) is 9.57. The van der Waals surface area contributed by atoms with Gasteiger partial charge in [-0.05, 0) is 78.9 Å². The fourth-order valence-corrected chi connectivity index (χ4v) is 11.6. The Bertz CT molecular complexity index is 4520. The summed E-state index contributed by atoms with van der Waals surface area (Å²) in [5.74, 6) is 1.80. The molecule has 332 valence electrons. The van der Waals surface area contributed by atoms with Crippen LogP contribution in [-0.2, 0) is 6.42 Å². The van der Waals surface area contributed by atoms with E-state index >= 15 is 0 Å². The predicted molar refractivity (Wildman–Crippen MR) is 295 cm³/mol. The maximum absolute atomic E-state index is 5.43. The van der Waals surface area contributed by atoms with Gasteiger partial charge in [0, 0.05) is 77.9 Å². The normalized spacial score (nSPS) is 12.6. The molecule has 0 fully saturated rings. The van der Waals surface area contributed by atoms with E-state index in [9.17, 15) is 0 Å². The average Bonchev–Trinajstić information content (AvgIpc) is 4.10. The van der Waals surface area contributed by atoms with Crippen molar-refractivity contribution in [1.82, 2.24) is 28.2 Å². The summed E-state index contributed by atoms with van der Waals surface area (Å²) in [5.41, 5.74) is 16.6. The molecule has 0 atom stereocenters. The lowest BCUT2D eigenvalue weighted by Crippen LogP contribution is -2.03. The molecule has 1 aliphatic rings. The Morgan fingerprint density at radius 2 is 0.746 bits per heavy atom. The molecule has 14 aromatic rings. The molecule has 0 N–H and O–H groups in total. The Labute approximate surface area is 408 Å². The molecule has 6 heteroatoms. The molecule has 0 radical (unpaired) electrons. The van der Waals surface area contributed by atoms with E-state index < -0.39 is 0 Å². The summed E-state index contributed by atoms with van der Waals surface area (Å²) >= 11 is 0. The van der Waals surface area contributed by atoms with Crippen LogP contribution >= 0.6 is 0 Å². The molecule has 0 aliphatic heterocycles. The minimum atomic E-state index is 0.829. The summed E-state index contributed by atoms with van der Waals surface area (Å²) in [6.45, 7) is 0. The average molecular weight is 907 g/mol. The summed E-state index contributed by atoms with van der Waals surface area (Å²) in [4.78, 5) is 10.8. The van der Waals surface area contributed by atoms with E-state index in [0.29, 0.717) is 0 Å². The van der Waals surface area contributed by atoms with Gasteiger partial charge in [0.1, 0.15) is 11.6 Å². The van der Waals surface area contributed by atoms with E-state index in [1.165, 1.54) is 49.0 Å². The van der Waals surface area contributed by atoms with Crippen LogP contribution in [0.5, 0.6) is 0 Å². The van der Waals surface area contributed by atoms with E-state index in [-0.39, 0.29) is 0 Å². The predicted octanol–water partition coefficient (Wildman–Crippen LogP) is 16.2. The molecular weight excluding hydrogens is 865 g/mol. The molecule has 71 heavy (non-hydrogen) atoms. The molecular formula is C65H42N6. The quantitative estimate of drug-likeness (QED) is 0.167. The van der Waals surface area contributed by atoms with Crippen LogP contribution in [0.4, 0.5) is 0 Å². The first kappa shape index (κ1) is 39.5. The highest BCUT2D eigenvalue weighted by molar-refractivity contribution is 6.24. The van der Waals surface area contributed by atoms with Crippen molar-refractivity contribution in [2.45, 2.75) is 6.42 Å². The lowest BCUT2D eigenvalue weighted by atomic mass is 10.1. The van der Waals surface area contributed by atoms with Crippen LogP contribution in [0.2, 0.25) is 0 Å². The van der Waals surface area contributed by atoms with Gasteiger partial charge < -0.3 is 9.13 Å². The van der Waals surface area contributed by atoms with Crippen molar-refractivity contribution in [2.75, 3.05) is 0 Å². The molecule has 8 aromatic carbocycles. The summed E-state index contributed by atoms with van der Waals surface area (Å²) < 4.78 is 9.56. The van der Waals surface area contributed by atoms with Crippen molar-refractivity contribution in [3.8, 4) is 45.5 Å². The maximum Gasteiger partial charge on any atom is 0.138 e. The smallest absolute Gasteiger partial charge is 0.138 e. The second kappa shape index (κ2) is 15.5. The largest absolute Gasteiger partial charge is 0.307 e. The first-order valence-corrected chi connectivity index (χ1v) is 24.3. The van der Waals surface area contributed by atoms with E-state index in [0.717, 1.165) is 90.6 Å². The van der Waals surface area contributed by atoms with Gasteiger partial charge in [0.25, 0.3) is 0 Å². The third-order valence-electron chi connectivity index (χ3n) is 14.6. The molecule has 6 aromatic heterocycles. The standard InChI is InChI=1S/C65H42N6/c1-2-22-46-47-23-4-11-33-59(47)70(58(46)30-3-1)62-36-16-28-54(66-62)42-18-14-20-44(40-42)68-56-31-9-7-26-50(56)52-38-39-53-51-27-8-10-32-57(51)69(65(53)64(52)68)45-21-15-19-43(41-45)55-29-17-37-63(67-55)71-60-34-12-5-24-48(60)49-25-6-13-35-61(49)71/h1-29,31-41H,30H2. The van der Waals surface area contributed by atoms with Crippen molar-refractivity contribution < 1.29 is 0 Å². The van der Waals surface area contributed by atoms with Crippen LogP contribution < -0.4 is 0 Å². The zero-order valence-corrected chi connectivity index (χ0v) is 38.5. The third-order valence-corrected chi connectivity index (χ3v) is 14.6. The van der Waals surface area contributed by atoms with Crippen molar-refractivity contribution in [3.63, 3.8) is 0 Å². The molecule has 6 nitrogen and oxygen atoms in total. The zero-order valence-electron chi connectivity index (χ0n) is 38.5. The maximum atomic E-state index is 5.43. The Kier molecular flexibility index (Phi) is 8.62. The molecule has 0 saturated carbocycles. The van der Waals surface area contributed by atoms with Crippen LogP contribution in [0.1, 0.15) is 11.3 Å². The molecule has 0 saturated heterocycles. The second-order valence-electron chi connectivity index (χ2n) is 18.5. The number of benzene rings is 8. The van der Waals surface area contributed by atoms with Gasteiger partial charge in [-0.2, -0.15) is 0 Å². The number of fused-ring (bicyclic) bond motifs is 13. The first-order chi connectivity index (χ1) is 35.2. The van der Waals surface area contributed by atoms with Gasteiger partial charge in [0.2, 0.25) is 0 Å². The highest BCUT2D eigenvalue weighted by Gasteiger charge is 2.23. The van der Waals surface area contributed by atoms with Gasteiger partial charge in [-0.3, -0.25) is 9.13 Å². The van der Waals surface area contributed by atoms with Crippen LogP contribution in [-0.4, -0.2) is 28.2 Å². The van der Waals surface area contributed by atoms with E-state index in [1.807, 2.05) is 0 Å². The first-order valence-electron chi connectivity index (χ1n) is 24.3. The van der Waals surface area contributed by atoms with Crippen molar-refractivity contribution in [3.05, 3.63) is 248 Å². The molecule has 0 bridgehead atoms. The number of aromatic nitrogens is 6. The molecule has 0 amide bonds. The third kappa shape index (κ3) is 5.95. The summed E-state index contributed by atoms with van der Waals surface area (Å²) in [5, 5.41) is 8.47. The minimum absolute atomic E-state index is 0.829. The molecule has 15 rings (SSSR count). The molecule has 0 spiro atoms. The van der Waals surface area contributed by atoms with Gasteiger partial charge in [-0.15, -0.1) is 0 Å². The Balaban J connectivity index is 0.914. The van der Waals surface area contributed by atoms with E-state index in [2.05, 4.69) is 261 Å². The van der Waals surface area contributed by atoms with Crippen molar-refractivity contribution in [2.24, 2.45) is 0 Å². The Hall–Kier alpha value is -9.52. The number of allylic oxidation sites excluding steroid dienone is 3. The molecule has 0 unspecified atom stereocenters. The number of hydrogen-bond donors (Lipinski definition) is 0. The highest BCUT2D eigenvalue weighted by atomic mass is 15.1. The minimum Gasteiger partial charge on any atom is -0.307 e. The van der Waals surface area contributed by atoms with Gasteiger partial charge in [0.05, 0.1) is 50.0 Å². The molecule has 6 heterocycles. The number of nitrogens with zero attached hydrogens (tertiary/aromatic N) is 6. The number of pyridine rings is 2. The number of rotatable bonds is 6. The fraction of sp³-hybridized carbons (Fsp3) is 0.0154. The summed E-state index contributed by atoms with van der Waals surface area (Å²) in [6, 6.07) is 78.7. The van der Waals surface area contributed by atoms with Crippen LogP contribution in [0.25, 0.3) is 128 Å². The fourth-order valence-electron chi connectivity index (χ4n) is 11.6. The zero-order chi connectivity index (χ0) is 46.6. The van der Waals surface area contributed by atoms with Crippen LogP contribution in [0.15, 0.2) is 237 Å². The van der Waals surface area contributed by atoms with Gasteiger partial charge in [-0.1, -0.05) is 164 Å². The van der Waals surface area contributed by atoms with Gasteiger partial charge in [-0.25, -0.2) is 9.97 Å². The summed E-state index contributed by atoms with van der Waals surface area (Å²) in [7, 11) is 0.